The van der Waals surface area contributed by atoms with Crippen LogP contribution < -0.4 is 5.32 Å². The molecule has 0 saturated carbocycles. The Morgan fingerprint density at radius 1 is 1.33 bits per heavy atom. The zero-order chi connectivity index (χ0) is 15.4. The summed E-state index contributed by atoms with van der Waals surface area (Å²) in [5, 5.41) is 16.5. The molecule has 9 heteroatoms. The van der Waals surface area contributed by atoms with Gasteiger partial charge in [0.2, 0.25) is 5.91 Å². The molecule has 0 unspecified atom stereocenters. The lowest BCUT2D eigenvalue weighted by atomic mass is 10.3. The SMILES string of the molecule is O=C(CCn1cc([N+](=O)[O-])cn1)Nc1cc(F)cc(F)c1. The van der Waals surface area contributed by atoms with E-state index in [1.165, 1.54) is 10.9 Å². The quantitative estimate of drug-likeness (QED) is 0.675. The van der Waals surface area contributed by atoms with Gasteiger partial charge >= 0.3 is 5.69 Å². The monoisotopic (exact) mass is 296 g/mol. The fourth-order valence-corrected chi connectivity index (χ4v) is 1.63. The number of halogens is 2. The molecular formula is C12H10F2N4O3. The molecule has 2 rings (SSSR count). The van der Waals surface area contributed by atoms with Crippen LogP contribution in [0.2, 0.25) is 0 Å². The zero-order valence-electron chi connectivity index (χ0n) is 10.6. The summed E-state index contributed by atoms with van der Waals surface area (Å²) in [5.74, 6) is -2.08. The summed E-state index contributed by atoms with van der Waals surface area (Å²) < 4.78 is 27.1. The Hall–Kier alpha value is -2.84. The summed E-state index contributed by atoms with van der Waals surface area (Å²) in [6.45, 7) is 0.109. The maximum atomic E-state index is 12.9. The number of amides is 1. The molecule has 0 radical (unpaired) electrons. The Balaban J connectivity index is 1.90. The van der Waals surface area contributed by atoms with Crippen molar-refractivity contribution in [2.75, 3.05) is 5.32 Å². The van der Waals surface area contributed by atoms with Crippen molar-refractivity contribution < 1.29 is 18.5 Å². The standard InChI is InChI=1S/C12H10F2N4O3/c13-8-3-9(14)5-10(4-8)16-12(19)1-2-17-7-11(6-15-17)18(20)21/h3-7H,1-2H2,(H,16,19). The molecule has 7 nitrogen and oxygen atoms in total. The van der Waals surface area contributed by atoms with E-state index in [4.69, 9.17) is 0 Å². The molecule has 1 N–H and O–H groups in total. The summed E-state index contributed by atoms with van der Waals surface area (Å²) in [4.78, 5) is 21.5. The summed E-state index contributed by atoms with van der Waals surface area (Å²) in [6, 6.07) is 2.66. The average molecular weight is 296 g/mol. The second-order valence-electron chi connectivity index (χ2n) is 4.18. The number of anilines is 1. The molecule has 1 amide bonds. The van der Waals surface area contributed by atoms with E-state index in [0.29, 0.717) is 6.07 Å². The minimum absolute atomic E-state index is 0.00365. The Labute approximate surface area is 117 Å². The highest BCUT2D eigenvalue weighted by atomic mass is 19.1. The maximum Gasteiger partial charge on any atom is 0.306 e. The Bertz CT molecular complexity index is 667. The van der Waals surface area contributed by atoms with Crippen molar-refractivity contribution in [3.05, 3.63) is 52.3 Å². The lowest BCUT2D eigenvalue weighted by molar-refractivity contribution is -0.385. The normalized spacial score (nSPS) is 10.4. The fourth-order valence-electron chi connectivity index (χ4n) is 1.63. The van der Waals surface area contributed by atoms with Gasteiger partial charge in [-0.1, -0.05) is 0 Å². The van der Waals surface area contributed by atoms with Crippen molar-refractivity contribution in [1.29, 1.82) is 0 Å². The van der Waals surface area contributed by atoms with Crippen LogP contribution in [-0.2, 0) is 11.3 Å². The van der Waals surface area contributed by atoms with Gasteiger partial charge in [0.15, 0.2) is 0 Å². The van der Waals surface area contributed by atoms with Gasteiger partial charge in [-0.25, -0.2) is 8.78 Å². The summed E-state index contributed by atoms with van der Waals surface area (Å²) in [6.07, 6.45) is 2.21. The molecule has 0 fully saturated rings. The smallest absolute Gasteiger partial charge is 0.306 e. The number of carbonyl (C=O) groups is 1. The number of rotatable bonds is 5. The van der Waals surface area contributed by atoms with Gasteiger partial charge < -0.3 is 5.32 Å². The number of hydrogen-bond acceptors (Lipinski definition) is 4. The van der Waals surface area contributed by atoms with E-state index in [2.05, 4.69) is 10.4 Å². The highest BCUT2D eigenvalue weighted by molar-refractivity contribution is 5.90. The Kier molecular flexibility index (Phi) is 4.21. The van der Waals surface area contributed by atoms with E-state index >= 15 is 0 Å². The lowest BCUT2D eigenvalue weighted by Crippen LogP contribution is -2.15. The van der Waals surface area contributed by atoms with Gasteiger partial charge in [-0.2, -0.15) is 5.10 Å². The van der Waals surface area contributed by atoms with Crippen LogP contribution >= 0.6 is 0 Å². The molecule has 0 bridgehead atoms. The van der Waals surface area contributed by atoms with Crippen LogP contribution in [0.25, 0.3) is 0 Å². The molecule has 0 aliphatic carbocycles. The highest BCUT2D eigenvalue weighted by Gasteiger charge is 2.10. The molecule has 0 aliphatic heterocycles. The number of aryl methyl sites for hydroxylation is 1. The lowest BCUT2D eigenvalue weighted by Gasteiger charge is -2.05. The number of aromatic nitrogens is 2. The third kappa shape index (κ3) is 4.06. The van der Waals surface area contributed by atoms with Gasteiger partial charge in [0.1, 0.15) is 24.0 Å². The molecule has 1 aromatic carbocycles. The van der Waals surface area contributed by atoms with Crippen molar-refractivity contribution in [3.63, 3.8) is 0 Å². The number of nitrogens with zero attached hydrogens (tertiary/aromatic N) is 3. The van der Waals surface area contributed by atoms with Crippen LogP contribution in [0.5, 0.6) is 0 Å². The summed E-state index contributed by atoms with van der Waals surface area (Å²) in [5.41, 5.74) is -0.174. The molecule has 110 valence electrons. The predicted molar refractivity (Wildman–Crippen MR) is 68.5 cm³/mol. The Morgan fingerprint density at radius 2 is 2.00 bits per heavy atom. The maximum absolute atomic E-state index is 12.9. The minimum Gasteiger partial charge on any atom is -0.326 e. The largest absolute Gasteiger partial charge is 0.326 e. The number of benzene rings is 1. The topological polar surface area (TPSA) is 90.1 Å². The van der Waals surface area contributed by atoms with E-state index in [9.17, 15) is 23.7 Å². The minimum atomic E-state index is -0.798. The second kappa shape index (κ2) is 6.07. The summed E-state index contributed by atoms with van der Waals surface area (Å²) >= 11 is 0. The fraction of sp³-hybridized carbons (Fsp3) is 0.167. The van der Waals surface area contributed by atoms with Crippen molar-refractivity contribution in [2.24, 2.45) is 0 Å². The van der Waals surface area contributed by atoms with Crippen molar-refractivity contribution in [1.82, 2.24) is 9.78 Å². The van der Waals surface area contributed by atoms with Gasteiger partial charge in [-0.05, 0) is 12.1 Å². The van der Waals surface area contributed by atoms with Gasteiger partial charge in [-0.15, -0.1) is 0 Å². The predicted octanol–water partition coefficient (Wildman–Crippen LogP) is 2.10. The molecule has 21 heavy (non-hydrogen) atoms. The second-order valence-corrected chi connectivity index (χ2v) is 4.18. The van der Waals surface area contributed by atoms with Gasteiger partial charge in [-0.3, -0.25) is 19.6 Å². The molecule has 0 atom stereocenters. The third-order valence-electron chi connectivity index (χ3n) is 2.54. The first-order chi connectivity index (χ1) is 9.94. The van der Waals surface area contributed by atoms with E-state index in [0.717, 1.165) is 18.3 Å². The van der Waals surface area contributed by atoms with Crippen molar-refractivity contribution >= 4 is 17.3 Å². The van der Waals surface area contributed by atoms with E-state index in [1.54, 1.807) is 0 Å². The number of nitrogens with one attached hydrogen (secondary N) is 1. The molecule has 1 aromatic heterocycles. The van der Waals surface area contributed by atoms with Crippen molar-refractivity contribution in [2.45, 2.75) is 13.0 Å². The highest BCUT2D eigenvalue weighted by Crippen LogP contribution is 2.13. The number of nitro groups is 1. The van der Waals surface area contributed by atoms with Crippen LogP contribution in [-0.4, -0.2) is 20.6 Å². The number of hydrogen-bond donors (Lipinski definition) is 1. The van der Waals surface area contributed by atoms with Crippen LogP contribution in [0.3, 0.4) is 0 Å². The molecule has 2 aromatic rings. The van der Waals surface area contributed by atoms with E-state index in [1.807, 2.05) is 0 Å². The summed E-state index contributed by atoms with van der Waals surface area (Å²) in [7, 11) is 0. The Morgan fingerprint density at radius 3 is 2.57 bits per heavy atom. The van der Waals surface area contributed by atoms with Crippen LogP contribution in [0, 0.1) is 21.7 Å². The molecule has 0 saturated heterocycles. The van der Waals surface area contributed by atoms with Crippen LogP contribution in [0.1, 0.15) is 6.42 Å². The van der Waals surface area contributed by atoms with E-state index < -0.39 is 22.5 Å². The molecular weight excluding hydrogens is 286 g/mol. The molecule has 0 aliphatic rings. The first-order valence-corrected chi connectivity index (χ1v) is 5.87. The van der Waals surface area contributed by atoms with E-state index in [-0.39, 0.29) is 24.3 Å². The molecule has 0 spiro atoms. The molecule has 1 heterocycles. The van der Waals surface area contributed by atoms with Crippen LogP contribution in [0.4, 0.5) is 20.2 Å². The first-order valence-electron chi connectivity index (χ1n) is 5.87. The third-order valence-corrected chi connectivity index (χ3v) is 2.54. The number of carbonyl (C=O) groups excluding carboxylic acids is 1. The van der Waals surface area contributed by atoms with Gasteiger partial charge in [0, 0.05) is 24.7 Å². The van der Waals surface area contributed by atoms with Crippen LogP contribution in [0.15, 0.2) is 30.6 Å². The first kappa shape index (κ1) is 14.6. The average Bonchev–Trinajstić information content (AvgIpc) is 2.84. The van der Waals surface area contributed by atoms with Crippen molar-refractivity contribution in [3.8, 4) is 0 Å². The van der Waals surface area contributed by atoms with Gasteiger partial charge in [0.25, 0.3) is 0 Å². The van der Waals surface area contributed by atoms with Gasteiger partial charge in [0.05, 0.1) is 4.92 Å². The zero-order valence-corrected chi connectivity index (χ0v) is 10.6.